The van der Waals surface area contributed by atoms with Crippen LogP contribution >= 0.6 is 0 Å². The highest BCUT2D eigenvalue weighted by Crippen LogP contribution is 2.20. The molecule has 3 nitrogen and oxygen atoms in total. The summed E-state index contributed by atoms with van der Waals surface area (Å²) in [7, 11) is 0. The first kappa shape index (κ1) is 11.9. The number of alkyl halides is 3. The van der Waals surface area contributed by atoms with Crippen molar-refractivity contribution in [3.05, 3.63) is 29.3 Å². The molecule has 0 heterocycles. The maximum Gasteiger partial charge on any atom is 0.422 e. The smallest absolute Gasteiger partial charge is 0.422 e. The van der Waals surface area contributed by atoms with Crippen LogP contribution in [0.4, 0.5) is 13.2 Å². The molecule has 0 aromatic heterocycles. The van der Waals surface area contributed by atoms with E-state index in [-0.39, 0.29) is 16.9 Å². The van der Waals surface area contributed by atoms with Crippen LogP contribution in [0.15, 0.2) is 18.2 Å². The molecule has 1 aromatic rings. The van der Waals surface area contributed by atoms with Crippen molar-refractivity contribution in [3.63, 3.8) is 0 Å². The summed E-state index contributed by atoms with van der Waals surface area (Å²) in [6.45, 7) is -1.43. The number of halogens is 3. The van der Waals surface area contributed by atoms with E-state index in [0.29, 0.717) is 0 Å². The second kappa shape index (κ2) is 4.54. The Hall–Kier alpha value is -2.21. The average Bonchev–Trinajstić information content (AvgIpc) is 2.25. The van der Waals surface area contributed by atoms with Crippen LogP contribution in [-0.4, -0.2) is 12.8 Å². The zero-order chi connectivity index (χ0) is 12.2. The van der Waals surface area contributed by atoms with Gasteiger partial charge in [0.25, 0.3) is 0 Å². The van der Waals surface area contributed by atoms with Gasteiger partial charge in [-0.2, -0.15) is 23.7 Å². The first-order valence-corrected chi connectivity index (χ1v) is 4.10. The zero-order valence-electron chi connectivity index (χ0n) is 7.88. The topological polar surface area (TPSA) is 56.8 Å². The Morgan fingerprint density at radius 2 is 1.75 bits per heavy atom. The molecule has 0 saturated carbocycles. The lowest BCUT2D eigenvalue weighted by atomic mass is 10.1. The molecule has 0 radical (unpaired) electrons. The lowest BCUT2D eigenvalue weighted by Crippen LogP contribution is -2.19. The molecule has 0 aliphatic heterocycles. The predicted molar refractivity (Wildman–Crippen MR) is 47.4 cm³/mol. The van der Waals surface area contributed by atoms with E-state index in [4.69, 9.17) is 10.5 Å². The zero-order valence-corrected chi connectivity index (χ0v) is 7.88. The highest BCUT2D eigenvalue weighted by molar-refractivity contribution is 5.49. The summed E-state index contributed by atoms with van der Waals surface area (Å²) in [5, 5.41) is 17.2. The van der Waals surface area contributed by atoms with E-state index in [1.165, 1.54) is 12.1 Å². The highest BCUT2D eigenvalue weighted by Gasteiger charge is 2.28. The summed E-state index contributed by atoms with van der Waals surface area (Å²) in [4.78, 5) is 0. The van der Waals surface area contributed by atoms with Gasteiger partial charge < -0.3 is 4.74 Å². The van der Waals surface area contributed by atoms with Gasteiger partial charge >= 0.3 is 6.18 Å². The molecule has 0 aliphatic carbocycles. The summed E-state index contributed by atoms with van der Waals surface area (Å²) in [5.41, 5.74) is 0.0871. The van der Waals surface area contributed by atoms with Gasteiger partial charge in [0, 0.05) is 0 Å². The number of benzene rings is 1. The second-order valence-electron chi connectivity index (χ2n) is 2.83. The number of ether oxygens (including phenoxy) is 1. The van der Waals surface area contributed by atoms with Crippen molar-refractivity contribution in [3.8, 4) is 17.9 Å². The van der Waals surface area contributed by atoms with E-state index >= 15 is 0 Å². The molecular weight excluding hydrogens is 221 g/mol. The third kappa shape index (κ3) is 3.18. The lowest BCUT2D eigenvalue weighted by molar-refractivity contribution is -0.153. The van der Waals surface area contributed by atoms with Crippen molar-refractivity contribution in [1.82, 2.24) is 0 Å². The molecule has 0 spiro atoms. The van der Waals surface area contributed by atoms with Crippen molar-refractivity contribution < 1.29 is 17.9 Å². The number of nitrogens with zero attached hydrogens (tertiary/aromatic N) is 2. The van der Waals surface area contributed by atoms with Crippen LogP contribution in [0.2, 0.25) is 0 Å². The third-order valence-corrected chi connectivity index (χ3v) is 1.63. The number of nitriles is 2. The molecule has 0 unspecified atom stereocenters. The van der Waals surface area contributed by atoms with Gasteiger partial charge in [-0.25, -0.2) is 0 Å². The minimum atomic E-state index is -4.43. The van der Waals surface area contributed by atoms with E-state index in [1.54, 1.807) is 12.1 Å². The molecule has 1 rings (SSSR count). The molecule has 0 saturated heterocycles. The predicted octanol–water partition coefficient (Wildman–Crippen LogP) is 2.37. The van der Waals surface area contributed by atoms with Gasteiger partial charge in [-0.05, 0) is 18.2 Å². The molecular formula is C10H5F3N2O. The standard InChI is InChI=1S/C10H5F3N2O/c11-10(12,13)6-16-9-2-1-7(4-14)8(3-9)5-15/h1-3H,6H2. The number of hydrogen-bond donors (Lipinski definition) is 0. The van der Waals surface area contributed by atoms with Gasteiger partial charge in [0.15, 0.2) is 6.61 Å². The molecule has 0 atom stereocenters. The van der Waals surface area contributed by atoms with Gasteiger partial charge in [-0.15, -0.1) is 0 Å². The Labute approximate surface area is 89.3 Å². The Morgan fingerprint density at radius 1 is 1.12 bits per heavy atom. The molecule has 82 valence electrons. The van der Waals surface area contributed by atoms with E-state index in [0.717, 1.165) is 6.07 Å². The summed E-state index contributed by atoms with van der Waals surface area (Å²) in [5.74, 6) is -0.0899. The van der Waals surface area contributed by atoms with Gasteiger partial charge in [0.05, 0.1) is 11.1 Å². The first-order valence-electron chi connectivity index (χ1n) is 4.10. The molecule has 1 aromatic carbocycles. The molecule has 0 bridgehead atoms. The monoisotopic (exact) mass is 226 g/mol. The molecule has 0 amide bonds. The largest absolute Gasteiger partial charge is 0.484 e. The van der Waals surface area contributed by atoms with E-state index in [9.17, 15) is 13.2 Å². The van der Waals surface area contributed by atoms with Gasteiger partial charge in [-0.3, -0.25) is 0 Å². The molecule has 0 aliphatic rings. The maximum absolute atomic E-state index is 11.8. The van der Waals surface area contributed by atoms with Crippen LogP contribution in [0.5, 0.6) is 5.75 Å². The van der Waals surface area contributed by atoms with Crippen LogP contribution < -0.4 is 4.74 Å². The minimum absolute atomic E-state index is 0.0119. The first-order chi connectivity index (χ1) is 7.46. The Balaban J connectivity index is 2.86. The minimum Gasteiger partial charge on any atom is -0.484 e. The Bertz CT molecular complexity index is 468. The van der Waals surface area contributed by atoms with Crippen LogP contribution in [-0.2, 0) is 0 Å². The summed E-state index contributed by atoms with van der Waals surface area (Å²) < 4.78 is 39.9. The van der Waals surface area contributed by atoms with Gasteiger partial charge in [-0.1, -0.05) is 0 Å². The molecule has 0 fully saturated rings. The highest BCUT2D eigenvalue weighted by atomic mass is 19.4. The van der Waals surface area contributed by atoms with Crippen LogP contribution in [0.25, 0.3) is 0 Å². The Kier molecular flexibility index (Phi) is 3.37. The molecule has 16 heavy (non-hydrogen) atoms. The maximum atomic E-state index is 11.8. The average molecular weight is 226 g/mol. The van der Waals surface area contributed by atoms with Crippen LogP contribution in [0, 0.1) is 22.7 Å². The fourth-order valence-electron chi connectivity index (χ4n) is 0.968. The second-order valence-corrected chi connectivity index (χ2v) is 2.83. The molecule has 6 heteroatoms. The van der Waals surface area contributed by atoms with Gasteiger partial charge in [0.1, 0.15) is 17.9 Å². The van der Waals surface area contributed by atoms with Crippen molar-refractivity contribution in [2.75, 3.05) is 6.61 Å². The normalized spacial score (nSPS) is 10.3. The number of rotatable bonds is 2. The third-order valence-electron chi connectivity index (χ3n) is 1.63. The van der Waals surface area contributed by atoms with Crippen molar-refractivity contribution in [2.24, 2.45) is 0 Å². The Morgan fingerprint density at radius 3 is 2.25 bits per heavy atom. The summed E-state index contributed by atoms with van der Waals surface area (Å²) in [6, 6.07) is 7.00. The van der Waals surface area contributed by atoms with Gasteiger partial charge in [0.2, 0.25) is 0 Å². The van der Waals surface area contributed by atoms with Crippen LogP contribution in [0.1, 0.15) is 11.1 Å². The van der Waals surface area contributed by atoms with E-state index in [1.807, 2.05) is 0 Å². The van der Waals surface area contributed by atoms with Crippen molar-refractivity contribution in [1.29, 1.82) is 10.5 Å². The summed E-state index contributed by atoms with van der Waals surface area (Å²) >= 11 is 0. The van der Waals surface area contributed by atoms with Crippen molar-refractivity contribution >= 4 is 0 Å². The molecule has 0 N–H and O–H groups in total. The fourth-order valence-corrected chi connectivity index (χ4v) is 0.968. The lowest BCUT2D eigenvalue weighted by Gasteiger charge is -2.09. The van der Waals surface area contributed by atoms with E-state index in [2.05, 4.69) is 4.74 Å². The SMILES string of the molecule is N#Cc1ccc(OCC(F)(F)F)cc1C#N. The number of hydrogen-bond acceptors (Lipinski definition) is 3. The van der Waals surface area contributed by atoms with E-state index < -0.39 is 12.8 Å². The summed E-state index contributed by atoms with van der Waals surface area (Å²) in [6.07, 6.45) is -4.43. The quantitative estimate of drug-likeness (QED) is 0.777. The fraction of sp³-hybridized carbons (Fsp3) is 0.200. The van der Waals surface area contributed by atoms with Crippen molar-refractivity contribution in [2.45, 2.75) is 6.18 Å². The van der Waals surface area contributed by atoms with Crippen LogP contribution in [0.3, 0.4) is 0 Å².